The van der Waals surface area contributed by atoms with Crippen molar-refractivity contribution in [2.75, 3.05) is 7.11 Å². The summed E-state index contributed by atoms with van der Waals surface area (Å²) in [6, 6.07) is 0. The standard InChI is InChI=1S/C18H27NO5S/c1-9-10(12(20)17(2,3)4)19-13(21)11(23-8)14(19)25-15(9)24-16(22)18(5,6)7/h11,14-15H,1-8H3/t11-,14-,15?/m0/s1. The Balaban J connectivity index is 2.43. The highest BCUT2D eigenvalue weighted by molar-refractivity contribution is 8.00. The lowest BCUT2D eigenvalue weighted by atomic mass is 9.85. The first-order valence-corrected chi connectivity index (χ1v) is 9.23. The lowest BCUT2D eigenvalue weighted by Gasteiger charge is -2.51. The zero-order valence-electron chi connectivity index (χ0n) is 16.1. The van der Waals surface area contributed by atoms with Crippen LogP contribution in [0.25, 0.3) is 0 Å². The molecule has 0 aromatic rings. The molecule has 25 heavy (non-hydrogen) atoms. The number of thioether (sulfide) groups is 1. The van der Waals surface area contributed by atoms with Gasteiger partial charge in [-0.15, -0.1) is 0 Å². The molecule has 2 aliphatic rings. The van der Waals surface area contributed by atoms with Gasteiger partial charge < -0.3 is 9.47 Å². The van der Waals surface area contributed by atoms with Gasteiger partial charge in [0, 0.05) is 18.1 Å². The number of hydrogen-bond donors (Lipinski definition) is 0. The predicted molar refractivity (Wildman–Crippen MR) is 95.5 cm³/mol. The first kappa shape index (κ1) is 20.0. The second-order valence-electron chi connectivity index (χ2n) is 8.49. The van der Waals surface area contributed by atoms with Crippen LogP contribution >= 0.6 is 11.8 Å². The van der Waals surface area contributed by atoms with Crippen LogP contribution in [-0.4, -0.2) is 46.6 Å². The van der Waals surface area contributed by atoms with Crippen LogP contribution in [-0.2, 0) is 23.9 Å². The van der Waals surface area contributed by atoms with Gasteiger partial charge >= 0.3 is 5.97 Å². The number of amides is 1. The molecule has 2 aliphatic heterocycles. The summed E-state index contributed by atoms with van der Waals surface area (Å²) in [5.41, 5.74) is -0.981. The van der Waals surface area contributed by atoms with Gasteiger partial charge in [-0.3, -0.25) is 19.3 Å². The van der Waals surface area contributed by atoms with Crippen molar-refractivity contribution in [3.63, 3.8) is 0 Å². The summed E-state index contributed by atoms with van der Waals surface area (Å²) in [5, 5.41) is -0.361. The van der Waals surface area contributed by atoms with Crippen molar-refractivity contribution >= 4 is 29.4 Å². The van der Waals surface area contributed by atoms with Gasteiger partial charge in [-0.2, -0.15) is 0 Å². The fourth-order valence-electron chi connectivity index (χ4n) is 2.59. The van der Waals surface area contributed by atoms with Crippen molar-refractivity contribution in [3.05, 3.63) is 11.3 Å². The van der Waals surface area contributed by atoms with Crippen LogP contribution in [0, 0.1) is 10.8 Å². The molecule has 140 valence electrons. The van der Waals surface area contributed by atoms with Crippen molar-refractivity contribution in [2.45, 2.75) is 65.4 Å². The highest BCUT2D eigenvalue weighted by atomic mass is 32.2. The Hall–Kier alpha value is -1.34. The number of ketones is 1. The Labute approximate surface area is 153 Å². The summed E-state index contributed by atoms with van der Waals surface area (Å²) < 4.78 is 10.9. The molecule has 0 N–H and O–H groups in total. The highest BCUT2D eigenvalue weighted by Crippen LogP contribution is 2.47. The van der Waals surface area contributed by atoms with Gasteiger partial charge in [-0.25, -0.2) is 0 Å². The number of Topliss-reactive ketones (excluding diaryl/α,β-unsaturated/α-hetero) is 1. The molecule has 0 aliphatic carbocycles. The summed E-state index contributed by atoms with van der Waals surface area (Å²) in [7, 11) is 1.47. The van der Waals surface area contributed by atoms with Crippen molar-refractivity contribution < 1.29 is 23.9 Å². The average molecular weight is 369 g/mol. The molecule has 0 saturated carbocycles. The number of hydrogen-bond acceptors (Lipinski definition) is 6. The van der Waals surface area contributed by atoms with Gasteiger partial charge in [0.15, 0.2) is 17.3 Å². The van der Waals surface area contributed by atoms with Crippen LogP contribution in [0.2, 0.25) is 0 Å². The SMILES string of the molecule is CO[C@H]1C(=O)N2C(C(=O)C(C)(C)C)=C(C)C(OC(=O)C(C)(C)C)S[C@@H]12. The first-order valence-electron chi connectivity index (χ1n) is 8.28. The van der Waals surface area contributed by atoms with Gasteiger partial charge in [0.05, 0.1) is 11.1 Å². The van der Waals surface area contributed by atoms with E-state index >= 15 is 0 Å². The zero-order chi connectivity index (χ0) is 19.3. The van der Waals surface area contributed by atoms with E-state index in [-0.39, 0.29) is 23.0 Å². The number of fused-ring (bicyclic) bond motifs is 1. The first-order chi connectivity index (χ1) is 11.3. The van der Waals surface area contributed by atoms with Crippen molar-refractivity contribution in [1.29, 1.82) is 0 Å². The summed E-state index contributed by atoms with van der Waals surface area (Å²) in [6.45, 7) is 12.5. The molecule has 0 spiro atoms. The van der Waals surface area contributed by atoms with Crippen LogP contribution in [0.15, 0.2) is 11.3 Å². The van der Waals surface area contributed by atoms with E-state index in [2.05, 4.69) is 0 Å². The summed E-state index contributed by atoms with van der Waals surface area (Å²) >= 11 is 1.33. The second kappa shape index (κ2) is 6.43. The molecule has 6 nitrogen and oxygen atoms in total. The molecule has 2 heterocycles. The zero-order valence-corrected chi connectivity index (χ0v) is 16.9. The van der Waals surface area contributed by atoms with Crippen molar-refractivity contribution in [1.82, 2.24) is 4.90 Å². The fraction of sp³-hybridized carbons (Fsp3) is 0.722. The molecule has 3 atom stereocenters. The minimum absolute atomic E-state index is 0.144. The molecule has 7 heteroatoms. The molecule has 0 aromatic carbocycles. The largest absolute Gasteiger partial charge is 0.446 e. The monoisotopic (exact) mass is 369 g/mol. The van der Waals surface area contributed by atoms with E-state index in [1.165, 1.54) is 23.8 Å². The maximum atomic E-state index is 12.9. The van der Waals surface area contributed by atoms with Gasteiger partial charge in [-0.1, -0.05) is 32.5 Å². The van der Waals surface area contributed by atoms with Crippen LogP contribution in [0.1, 0.15) is 48.5 Å². The van der Waals surface area contributed by atoms with Crippen LogP contribution < -0.4 is 0 Å². The molecule has 0 bridgehead atoms. The lowest BCUT2D eigenvalue weighted by molar-refractivity contribution is -0.161. The number of nitrogens with zero attached hydrogens (tertiary/aromatic N) is 1. The lowest BCUT2D eigenvalue weighted by Crippen LogP contribution is -2.66. The van der Waals surface area contributed by atoms with Gasteiger partial charge in [0.25, 0.3) is 5.91 Å². The fourth-order valence-corrected chi connectivity index (χ4v) is 4.00. The van der Waals surface area contributed by atoms with E-state index in [1.54, 1.807) is 48.5 Å². The normalized spacial score (nSPS) is 27.0. The van der Waals surface area contributed by atoms with Crippen LogP contribution in [0.5, 0.6) is 0 Å². The van der Waals surface area contributed by atoms with E-state index in [0.717, 1.165) is 0 Å². The van der Waals surface area contributed by atoms with E-state index in [1.807, 2.05) is 0 Å². The maximum Gasteiger partial charge on any atom is 0.312 e. The number of carbonyl (C=O) groups is 3. The number of allylic oxidation sites excluding steroid dienone is 1. The quantitative estimate of drug-likeness (QED) is 0.563. The topological polar surface area (TPSA) is 72.9 Å². The smallest absolute Gasteiger partial charge is 0.312 e. The number of β-lactam (4-membered cyclic amide) rings is 1. The van der Waals surface area contributed by atoms with E-state index in [0.29, 0.717) is 11.3 Å². The third-order valence-corrected chi connectivity index (χ3v) is 5.64. The minimum atomic E-state index is -0.653. The molecular weight excluding hydrogens is 342 g/mol. The molecule has 0 aromatic heterocycles. The molecule has 0 radical (unpaired) electrons. The van der Waals surface area contributed by atoms with Crippen molar-refractivity contribution in [2.24, 2.45) is 10.8 Å². The number of rotatable bonds is 3. The molecule has 1 amide bonds. The number of methoxy groups -OCH3 is 1. The van der Waals surface area contributed by atoms with E-state index in [4.69, 9.17) is 9.47 Å². The minimum Gasteiger partial charge on any atom is -0.446 e. The Morgan fingerprint density at radius 1 is 1.08 bits per heavy atom. The molecule has 1 saturated heterocycles. The third kappa shape index (κ3) is 3.49. The molecule has 1 unspecified atom stereocenters. The molecular formula is C18H27NO5S. The number of esters is 1. The number of ether oxygens (including phenoxy) is 2. The van der Waals surface area contributed by atoms with Gasteiger partial charge in [-0.05, 0) is 27.7 Å². The van der Waals surface area contributed by atoms with Crippen molar-refractivity contribution in [3.8, 4) is 0 Å². The van der Waals surface area contributed by atoms with Crippen LogP contribution in [0.3, 0.4) is 0 Å². The Morgan fingerprint density at radius 3 is 2.08 bits per heavy atom. The second-order valence-corrected chi connectivity index (χ2v) is 9.67. The Morgan fingerprint density at radius 2 is 1.64 bits per heavy atom. The summed E-state index contributed by atoms with van der Waals surface area (Å²) in [4.78, 5) is 39.2. The van der Waals surface area contributed by atoms with Crippen LogP contribution in [0.4, 0.5) is 0 Å². The van der Waals surface area contributed by atoms with Gasteiger partial charge in [0.1, 0.15) is 5.37 Å². The molecule has 1 fully saturated rings. The molecule has 2 rings (SSSR count). The van der Waals surface area contributed by atoms with Gasteiger partial charge in [0.2, 0.25) is 0 Å². The predicted octanol–water partition coefficient (Wildman–Crippen LogP) is 2.72. The highest BCUT2D eigenvalue weighted by Gasteiger charge is 2.57. The van der Waals surface area contributed by atoms with E-state index in [9.17, 15) is 14.4 Å². The Kier molecular flexibility index (Phi) is 5.14. The number of carbonyl (C=O) groups excluding carboxylic acids is 3. The summed E-state index contributed by atoms with van der Waals surface area (Å²) in [5.74, 6) is -0.720. The Bertz CT molecular complexity index is 641. The average Bonchev–Trinajstić information content (AvgIpc) is 2.47. The summed E-state index contributed by atoms with van der Waals surface area (Å²) in [6.07, 6.45) is -0.628. The third-order valence-electron chi connectivity index (χ3n) is 4.20. The van der Waals surface area contributed by atoms with E-state index < -0.39 is 22.4 Å². The maximum absolute atomic E-state index is 12.9.